The van der Waals surface area contributed by atoms with E-state index in [-0.39, 0.29) is 16.8 Å². The van der Waals surface area contributed by atoms with Crippen molar-refractivity contribution in [3.8, 4) is 5.75 Å². The van der Waals surface area contributed by atoms with Gasteiger partial charge in [0, 0.05) is 5.56 Å². The molecule has 0 heterocycles. The quantitative estimate of drug-likeness (QED) is 0.893. The van der Waals surface area contributed by atoms with E-state index >= 15 is 0 Å². The molecular formula is C14H9FNO4-. The van der Waals surface area contributed by atoms with Gasteiger partial charge in [0.25, 0.3) is 5.91 Å². The number of benzene rings is 2. The van der Waals surface area contributed by atoms with E-state index in [4.69, 9.17) is 5.11 Å². The summed E-state index contributed by atoms with van der Waals surface area (Å²) in [4.78, 5) is 22.9. The second kappa shape index (κ2) is 5.40. The molecule has 0 spiro atoms. The van der Waals surface area contributed by atoms with Gasteiger partial charge in [0.15, 0.2) is 0 Å². The third-order valence-electron chi connectivity index (χ3n) is 2.58. The highest BCUT2D eigenvalue weighted by molar-refractivity contribution is 6.07. The van der Waals surface area contributed by atoms with E-state index in [1.54, 1.807) is 0 Å². The largest absolute Gasteiger partial charge is 0.872 e. The van der Waals surface area contributed by atoms with E-state index < -0.39 is 23.4 Å². The summed E-state index contributed by atoms with van der Waals surface area (Å²) in [7, 11) is 0. The number of anilines is 1. The van der Waals surface area contributed by atoms with Crippen molar-refractivity contribution in [1.29, 1.82) is 0 Å². The summed E-state index contributed by atoms with van der Waals surface area (Å²) in [5.74, 6) is -2.87. The van der Waals surface area contributed by atoms with Gasteiger partial charge < -0.3 is 15.5 Å². The molecule has 6 heteroatoms. The molecule has 20 heavy (non-hydrogen) atoms. The molecule has 0 unspecified atom stereocenters. The Balaban J connectivity index is 2.28. The molecule has 2 aromatic rings. The highest BCUT2D eigenvalue weighted by atomic mass is 19.1. The fourth-order valence-electron chi connectivity index (χ4n) is 1.61. The van der Waals surface area contributed by atoms with Crippen molar-refractivity contribution >= 4 is 17.6 Å². The molecule has 0 aliphatic rings. The zero-order chi connectivity index (χ0) is 14.7. The second-order valence-electron chi connectivity index (χ2n) is 3.97. The van der Waals surface area contributed by atoms with Crippen LogP contribution in [0.1, 0.15) is 20.7 Å². The van der Waals surface area contributed by atoms with Crippen LogP contribution in [0.5, 0.6) is 5.75 Å². The molecule has 0 saturated carbocycles. The topological polar surface area (TPSA) is 89.5 Å². The van der Waals surface area contributed by atoms with Crippen LogP contribution in [0, 0.1) is 5.82 Å². The van der Waals surface area contributed by atoms with Gasteiger partial charge in [-0.15, -0.1) is 5.75 Å². The molecule has 1 amide bonds. The number of hydrogen-bond acceptors (Lipinski definition) is 3. The van der Waals surface area contributed by atoms with Crippen LogP contribution >= 0.6 is 0 Å². The number of carboxylic acid groups (broad SMARTS) is 1. The number of carbonyl (C=O) groups excluding carboxylic acids is 1. The molecule has 0 radical (unpaired) electrons. The molecule has 0 aromatic heterocycles. The van der Waals surface area contributed by atoms with Crippen molar-refractivity contribution < 1.29 is 24.2 Å². The average Bonchev–Trinajstić information content (AvgIpc) is 2.41. The van der Waals surface area contributed by atoms with Crippen LogP contribution in [-0.4, -0.2) is 17.0 Å². The van der Waals surface area contributed by atoms with Gasteiger partial charge in [0.05, 0.1) is 11.3 Å². The van der Waals surface area contributed by atoms with Crippen LogP contribution in [0.25, 0.3) is 0 Å². The molecule has 0 aliphatic heterocycles. The first kappa shape index (κ1) is 13.5. The van der Waals surface area contributed by atoms with Gasteiger partial charge in [-0.25, -0.2) is 9.18 Å². The Labute approximate surface area is 113 Å². The predicted molar refractivity (Wildman–Crippen MR) is 67.2 cm³/mol. The summed E-state index contributed by atoms with van der Waals surface area (Å²) < 4.78 is 12.7. The van der Waals surface area contributed by atoms with Crippen molar-refractivity contribution in [1.82, 2.24) is 0 Å². The fraction of sp³-hybridized carbons (Fsp3) is 0. The zero-order valence-corrected chi connectivity index (χ0v) is 10.1. The zero-order valence-electron chi connectivity index (χ0n) is 10.1. The number of carbonyl (C=O) groups is 2. The van der Waals surface area contributed by atoms with Crippen molar-refractivity contribution in [2.45, 2.75) is 0 Å². The number of nitrogens with one attached hydrogen (secondary N) is 1. The number of hydrogen-bond donors (Lipinski definition) is 2. The van der Waals surface area contributed by atoms with Crippen LogP contribution in [0.3, 0.4) is 0 Å². The lowest BCUT2D eigenvalue weighted by Gasteiger charge is -2.12. The van der Waals surface area contributed by atoms with Gasteiger partial charge in [0.2, 0.25) is 0 Å². The molecule has 2 N–H and O–H groups in total. The highest BCUT2D eigenvalue weighted by Crippen LogP contribution is 2.20. The minimum Gasteiger partial charge on any atom is -0.872 e. The SMILES string of the molecule is O=C(Nc1ccc([O-])cc1C(=O)O)c1ccc(F)cc1. The maximum Gasteiger partial charge on any atom is 0.337 e. The number of halogens is 1. The number of carboxylic acids is 1. The monoisotopic (exact) mass is 274 g/mol. The standard InChI is InChI=1S/C14H10FNO4/c15-9-3-1-8(2-4-9)13(18)16-12-6-5-10(17)7-11(12)14(19)20/h1-7,17H,(H,16,18)(H,19,20)/p-1. The van der Waals surface area contributed by atoms with Gasteiger partial charge in [-0.2, -0.15) is 0 Å². The Morgan fingerprint density at radius 2 is 1.75 bits per heavy atom. The third kappa shape index (κ3) is 2.92. The fourth-order valence-corrected chi connectivity index (χ4v) is 1.61. The van der Waals surface area contributed by atoms with E-state index in [1.165, 1.54) is 18.2 Å². The normalized spacial score (nSPS) is 10.1. The summed E-state index contributed by atoms with van der Waals surface area (Å²) in [5.41, 5.74) is -0.117. The molecule has 0 atom stereocenters. The summed E-state index contributed by atoms with van der Waals surface area (Å²) in [5, 5.41) is 22.5. The third-order valence-corrected chi connectivity index (χ3v) is 2.58. The van der Waals surface area contributed by atoms with Crippen LogP contribution in [-0.2, 0) is 0 Å². The Kier molecular flexibility index (Phi) is 3.65. The van der Waals surface area contributed by atoms with E-state index in [2.05, 4.69) is 5.32 Å². The first-order valence-electron chi connectivity index (χ1n) is 5.58. The van der Waals surface area contributed by atoms with Crippen molar-refractivity contribution in [2.75, 3.05) is 5.32 Å². The van der Waals surface area contributed by atoms with E-state index in [9.17, 15) is 19.1 Å². The molecule has 0 bridgehead atoms. The summed E-state index contributed by atoms with van der Waals surface area (Å²) in [6.07, 6.45) is 0. The maximum absolute atomic E-state index is 12.7. The second-order valence-corrected chi connectivity index (χ2v) is 3.97. The lowest BCUT2D eigenvalue weighted by Crippen LogP contribution is -2.15. The summed E-state index contributed by atoms with van der Waals surface area (Å²) >= 11 is 0. The van der Waals surface area contributed by atoms with Crippen LogP contribution in [0.15, 0.2) is 42.5 Å². The van der Waals surface area contributed by atoms with Crippen LogP contribution < -0.4 is 10.4 Å². The molecule has 0 saturated heterocycles. The van der Waals surface area contributed by atoms with Crippen LogP contribution in [0.4, 0.5) is 10.1 Å². The minimum atomic E-state index is -1.32. The van der Waals surface area contributed by atoms with E-state index in [0.717, 1.165) is 24.3 Å². The molecule has 102 valence electrons. The maximum atomic E-state index is 12.7. The summed E-state index contributed by atoms with van der Waals surface area (Å²) in [6.45, 7) is 0. The number of aromatic carboxylic acids is 1. The van der Waals surface area contributed by atoms with E-state index in [1.807, 2.05) is 0 Å². The molecule has 2 rings (SSSR count). The Bertz CT molecular complexity index is 667. The van der Waals surface area contributed by atoms with Gasteiger partial charge in [0.1, 0.15) is 5.82 Å². The number of rotatable bonds is 3. The molecule has 2 aromatic carbocycles. The Morgan fingerprint density at radius 1 is 1.10 bits per heavy atom. The van der Waals surface area contributed by atoms with E-state index in [0.29, 0.717) is 0 Å². The van der Waals surface area contributed by atoms with Crippen molar-refractivity contribution in [3.63, 3.8) is 0 Å². The van der Waals surface area contributed by atoms with Gasteiger partial charge >= 0.3 is 5.97 Å². The predicted octanol–water partition coefficient (Wildman–Crippen LogP) is 1.85. The number of amides is 1. The molecular weight excluding hydrogens is 265 g/mol. The lowest BCUT2D eigenvalue weighted by atomic mass is 10.1. The smallest absolute Gasteiger partial charge is 0.337 e. The Morgan fingerprint density at radius 3 is 2.35 bits per heavy atom. The van der Waals surface area contributed by atoms with Crippen LogP contribution in [0.2, 0.25) is 0 Å². The summed E-state index contributed by atoms with van der Waals surface area (Å²) in [6, 6.07) is 8.06. The van der Waals surface area contributed by atoms with Gasteiger partial charge in [-0.3, -0.25) is 4.79 Å². The van der Waals surface area contributed by atoms with Crippen molar-refractivity contribution in [2.24, 2.45) is 0 Å². The Hall–Kier alpha value is -2.89. The molecule has 0 fully saturated rings. The first-order chi connectivity index (χ1) is 9.47. The first-order valence-corrected chi connectivity index (χ1v) is 5.58. The van der Waals surface area contributed by atoms with Crippen molar-refractivity contribution in [3.05, 3.63) is 59.4 Å². The van der Waals surface area contributed by atoms with Gasteiger partial charge in [-0.1, -0.05) is 12.1 Å². The molecule has 5 nitrogen and oxygen atoms in total. The highest BCUT2D eigenvalue weighted by Gasteiger charge is 2.13. The lowest BCUT2D eigenvalue weighted by molar-refractivity contribution is -0.268. The molecule has 0 aliphatic carbocycles. The van der Waals surface area contributed by atoms with Gasteiger partial charge in [-0.05, 0) is 30.3 Å². The average molecular weight is 274 g/mol. The minimum absolute atomic E-state index is 0.00595.